The largest absolute Gasteiger partial charge is 0.497 e. The highest BCUT2D eigenvalue weighted by atomic mass is 32.2. The smallest absolute Gasteiger partial charge is 0.414 e. The average Bonchev–Trinajstić information content (AvgIpc) is 2.76. The Hall–Kier alpha value is -3.02. The van der Waals surface area contributed by atoms with Crippen LogP contribution in [-0.4, -0.2) is 73.1 Å². The van der Waals surface area contributed by atoms with Crippen molar-refractivity contribution < 1.29 is 37.3 Å². The van der Waals surface area contributed by atoms with Crippen molar-refractivity contribution in [2.24, 2.45) is 0 Å². The summed E-state index contributed by atoms with van der Waals surface area (Å²) < 4.78 is 45.0. The summed E-state index contributed by atoms with van der Waals surface area (Å²) in [4.78, 5) is 20.7. The molecule has 1 saturated heterocycles. The lowest BCUT2D eigenvalue weighted by Gasteiger charge is -2.34. The lowest BCUT2D eigenvalue weighted by molar-refractivity contribution is -0.159. The van der Waals surface area contributed by atoms with Gasteiger partial charge >= 0.3 is 11.9 Å². The third-order valence-corrected chi connectivity index (χ3v) is 6.44. The molecule has 0 amide bonds. The first-order valence-corrected chi connectivity index (χ1v) is 10.6. The molecule has 31 heavy (non-hydrogen) atoms. The number of carboxylic acid groups (broad SMARTS) is 2. The van der Waals surface area contributed by atoms with Gasteiger partial charge in [-0.1, -0.05) is 12.1 Å². The molecule has 0 saturated carbocycles. The van der Waals surface area contributed by atoms with Crippen LogP contribution in [0.1, 0.15) is 5.56 Å². The Balaban J connectivity index is 0.000000501. The van der Waals surface area contributed by atoms with E-state index in [1.807, 2.05) is 0 Å². The van der Waals surface area contributed by atoms with Crippen LogP contribution in [0.5, 0.6) is 5.75 Å². The topological polar surface area (TPSA) is 124 Å². The Morgan fingerprint density at radius 1 is 0.935 bits per heavy atom. The summed E-state index contributed by atoms with van der Waals surface area (Å²) in [6.07, 6.45) is 0. The van der Waals surface area contributed by atoms with Crippen molar-refractivity contribution in [2.75, 3.05) is 33.3 Å². The number of ether oxygens (including phenoxy) is 1. The van der Waals surface area contributed by atoms with Gasteiger partial charge in [0, 0.05) is 32.7 Å². The molecule has 1 heterocycles. The van der Waals surface area contributed by atoms with Crippen molar-refractivity contribution in [1.82, 2.24) is 9.21 Å². The van der Waals surface area contributed by atoms with Crippen molar-refractivity contribution in [2.45, 2.75) is 11.4 Å². The predicted octanol–water partition coefficient (Wildman–Crippen LogP) is 1.50. The fraction of sp³-hybridized carbons (Fsp3) is 0.300. The second-order valence-corrected chi connectivity index (χ2v) is 8.53. The maximum Gasteiger partial charge on any atom is 0.414 e. The molecule has 11 heteroatoms. The molecule has 2 N–H and O–H groups in total. The maximum atomic E-state index is 13.0. The third-order valence-electron chi connectivity index (χ3n) is 4.53. The molecule has 0 radical (unpaired) electrons. The fourth-order valence-electron chi connectivity index (χ4n) is 2.87. The molecule has 0 bridgehead atoms. The minimum Gasteiger partial charge on any atom is -0.497 e. The Morgan fingerprint density at radius 3 is 1.90 bits per heavy atom. The Morgan fingerprint density at radius 2 is 1.45 bits per heavy atom. The van der Waals surface area contributed by atoms with Crippen LogP contribution in [0.4, 0.5) is 4.39 Å². The zero-order valence-corrected chi connectivity index (χ0v) is 17.6. The third kappa shape index (κ3) is 7.02. The van der Waals surface area contributed by atoms with E-state index in [-0.39, 0.29) is 10.7 Å². The number of benzene rings is 2. The average molecular weight is 454 g/mol. The van der Waals surface area contributed by atoms with Crippen LogP contribution in [0.25, 0.3) is 0 Å². The molecule has 1 aliphatic heterocycles. The van der Waals surface area contributed by atoms with Crippen LogP contribution in [-0.2, 0) is 26.2 Å². The van der Waals surface area contributed by atoms with Gasteiger partial charge in [0.15, 0.2) is 0 Å². The van der Waals surface area contributed by atoms with E-state index in [1.165, 1.54) is 16.4 Å². The van der Waals surface area contributed by atoms with E-state index < -0.39 is 22.0 Å². The monoisotopic (exact) mass is 454 g/mol. The second kappa shape index (κ2) is 10.8. The molecule has 2 aromatic carbocycles. The number of hydrogen-bond donors (Lipinski definition) is 2. The SMILES string of the molecule is COc1ccc(S(=O)(=O)N2CCN(Cc3ccc(F)cc3)CC2)cc1.O=C(O)C(=O)O. The number of methoxy groups -OCH3 is 1. The fourth-order valence-corrected chi connectivity index (χ4v) is 4.29. The maximum absolute atomic E-state index is 13.0. The van der Waals surface area contributed by atoms with Crippen LogP contribution < -0.4 is 4.74 Å². The summed E-state index contributed by atoms with van der Waals surface area (Å²) in [7, 11) is -1.94. The number of carbonyl (C=O) groups is 2. The van der Waals surface area contributed by atoms with Crippen molar-refractivity contribution in [3.63, 3.8) is 0 Å². The van der Waals surface area contributed by atoms with E-state index in [0.717, 1.165) is 5.56 Å². The molecule has 0 unspecified atom stereocenters. The number of sulfonamides is 1. The van der Waals surface area contributed by atoms with Crippen molar-refractivity contribution in [1.29, 1.82) is 0 Å². The summed E-state index contributed by atoms with van der Waals surface area (Å²) in [6, 6.07) is 12.8. The molecule has 0 aliphatic carbocycles. The molecule has 168 valence electrons. The standard InChI is InChI=1S/C18H21FN2O3S.C2H2O4/c1-24-17-6-8-18(9-7-17)25(22,23)21-12-10-20(11-13-21)14-15-2-4-16(19)5-3-15;3-1(4)2(5)6/h2-9H,10-14H2,1H3;(H,3,4)(H,5,6). The zero-order chi connectivity index (χ0) is 23.0. The quantitative estimate of drug-likeness (QED) is 0.652. The summed E-state index contributed by atoms with van der Waals surface area (Å²) in [5.74, 6) is -3.27. The summed E-state index contributed by atoms with van der Waals surface area (Å²) >= 11 is 0. The molecule has 0 atom stereocenters. The molecule has 9 nitrogen and oxygen atoms in total. The van der Waals surface area contributed by atoms with Gasteiger partial charge in [-0.2, -0.15) is 4.31 Å². The molecular weight excluding hydrogens is 431 g/mol. The molecule has 0 aromatic heterocycles. The molecule has 1 aliphatic rings. The van der Waals surface area contributed by atoms with E-state index >= 15 is 0 Å². The van der Waals surface area contributed by atoms with E-state index in [0.29, 0.717) is 38.5 Å². The Bertz CT molecular complexity index is 975. The van der Waals surface area contributed by atoms with Crippen LogP contribution in [0.3, 0.4) is 0 Å². The zero-order valence-electron chi connectivity index (χ0n) is 16.8. The van der Waals surface area contributed by atoms with Crippen LogP contribution >= 0.6 is 0 Å². The van der Waals surface area contributed by atoms with Gasteiger partial charge in [0.05, 0.1) is 12.0 Å². The first-order valence-electron chi connectivity index (χ1n) is 9.20. The predicted molar refractivity (Wildman–Crippen MR) is 109 cm³/mol. The number of piperazine rings is 1. The van der Waals surface area contributed by atoms with Gasteiger partial charge in [0.1, 0.15) is 11.6 Å². The molecule has 1 fully saturated rings. The Kier molecular flexibility index (Phi) is 8.48. The van der Waals surface area contributed by atoms with Gasteiger partial charge < -0.3 is 14.9 Å². The van der Waals surface area contributed by atoms with Gasteiger partial charge in [-0.15, -0.1) is 0 Å². The second-order valence-electron chi connectivity index (χ2n) is 6.59. The van der Waals surface area contributed by atoms with Crippen LogP contribution in [0.15, 0.2) is 53.4 Å². The summed E-state index contributed by atoms with van der Waals surface area (Å²) in [5.41, 5.74) is 1.02. The molecular formula is C20H23FN2O7S. The lowest BCUT2D eigenvalue weighted by Crippen LogP contribution is -2.48. The van der Waals surface area contributed by atoms with E-state index in [9.17, 15) is 12.8 Å². The minimum atomic E-state index is -3.49. The summed E-state index contributed by atoms with van der Waals surface area (Å²) in [5, 5.41) is 14.8. The van der Waals surface area contributed by atoms with E-state index in [2.05, 4.69) is 4.90 Å². The summed E-state index contributed by atoms with van der Waals surface area (Å²) in [6.45, 7) is 2.86. The Labute approximate surface area is 179 Å². The minimum absolute atomic E-state index is 0.251. The van der Waals surface area contributed by atoms with Gasteiger partial charge in [-0.05, 0) is 42.0 Å². The van der Waals surface area contributed by atoms with Crippen molar-refractivity contribution in [3.8, 4) is 5.75 Å². The molecule has 0 spiro atoms. The number of aliphatic carboxylic acids is 2. The van der Waals surface area contributed by atoms with Crippen LogP contribution in [0.2, 0.25) is 0 Å². The lowest BCUT2D eigenvalue weighted by atomic mass is 10.2. The van der Waals surface area contributed by atoms with Gasteiger partial charge in [-0.3, -0.25) is 4.90 Å². The molecule has 3 rings (SSSR count). The highest BCUT2D eigenvalue weighted by molar-refractivity contribution is 7.89. The highest BCUT2D eigenvalue weighted by Gasteiger charge is 2.28. The van der Waals surface area contributed by atoms with Gasteiger partial charge in [0.25, 0.3) is 0 Å². The first-order chi connectivity index (χ1) is 14.6. The number of halogens is 1. The van der Waals surface area contributed by atoms with E-state index in [1.54, 1.807) is 43.5 Å². The van der Waals surface area contributed by atoms with Crippen molar-refractivity contribution in [3.05, 3.63) is 59.9 Å². The first kappa shape index (κ1) is 24.3. The number of carboxylic acids is 2. The van der Waals surface area contributed by atoms with Gasteiger partial charge in [0.2, 0.25) is 10.0 Å². The number of hydrogen-bond acceptors (Lipinski definition) is 6. The van der Waals surface area contributed by atoms with E-state index in [4.69, 9.17) is 24.5 Å². The van der Waals surface area contributed by atoms with Crippen LogP contribution in [0, 0.1) is 5.82 Å². The number of rotatable bonds is 5. The normalized spacial score (nSPS) is 14.9. The molecule has 2 aromatic rings. The van der Waals surface area contributed by atoms with Crippen molar-refractivity contribution >= 4 is 22.0 Å². The highest BCUT2D eigenvalue weighted by Crippen LogP contribution is 2.21. The number of nitrogens with zero attached hydrogens (tertiary/aromatic N) is 2. The van der Waals surface area contributed by atoms with Gasteiger partial charge in [-0.25, -0.2) is 22.4 Å².